The lowest BCUT2D eigenvalue weighted by molar-refractivity contribution is 0.438. The van der Waals surface area contributed by atoms with Crippen molar-refractivity contribution in [3.8, 4) is 158 Å². The number of ether oxygens (including phenoxy) is 2. The summed E-state index contributed by atoms with van der Waals surface area (Å²) in [5.74, 6) is 6.61. The smallest absolute Gasteiger partial charge is 0.164 e. The third-order valence-corrected chi connectivity index (χ3v) is 22.7. The molecule has 4 heterocycles. The zero-order valence-corrected chi connectivity index (χ0v) is 59.3. The molecule has 18 aromatic rings. The molecule has 0 fully saturated rings. The zero-order chi connectivity index (χ0) is 72.4. The van der Waals surface area contributed by atoms with Gasteiger partial charge in [-0.05, 0) is 125 Å². The topological polar surface area (TPSA) is 95.8 Å². The summed E-state index contributed by atoms with van der Waals surface area (Å²) in [5.41, 5.74) is 25.7. The average Bonchev–Trinajstić information content (AvgIpc) is 1.57. The zero-order valence-electron chi connectivity index (χ0n) is 59.3. The molecule has 1 atom stereocenters. The Hall–Kier alpha value is -14.6. The molecule has 2 aliphatic heterocycles. The molecule has 16 aromatic carbocycles. The monoisotopic (exact) mass is 1400 g/mol. The van der Waals surface area contributed by atoms with E-state index >= 15 is 0 Å². The van der Waals surface area contributed by atoms with Gasteiger partial charge in [0, 0.05) is 66.8 Å². The first-order valence-corrected chi connectivity index (χ1v) is 37.3. The number of nitrogens with zero attached hydrogens (tertiary/aromatic N) is 6. The number of fused-ring (bicyclic) bond motifs is 19. The van der Waals surface area contributed by atoms with Crippen LogP contribution in [0.2, 0.25) is 0 Å². The minimum atomic E-state index is -0.828. The number of rotatable bonds is 10. The number of hydrogen-bond acceptors (Lipinski definition) is 8. The Kier molecular flexibility index (Phi) is 14.3. The molecule has 0 radical (unpaired) electrons. The van der Waals surface area contributed by atoms with Crippen LogP contribution in [0.25, 0.3) is 146 Å². The summed E-state index contributed by atoms with van der Waals surface area (Å²) in [6.07, 6.45) is 0. The van der Waals surface area contributed by atoms with Gasteiger partial charge in [0.15, 0.2) is 34.9 Å². The predicted octanol–water partition coefficient (Wildman–Crippen LogP) is 24.8. The fraction of sp³-hybridized carbons (Fsp3) is 0.0196. The van der Waals surface area contributed by atoms with Gasteiger partial charge in [-0.15, -0.1) is 0 Å². The molecule has 1 unspecified atom stereocenters. The quantitative estimate of drug-likeness (QED) is 0.134. The molecule has 2 spiro atoms. The highest BCUT2D eigenvalue weighted by molar-refractivity contribution is 5.96. The molecule has 0 amide bonds. The van der Waals surface area contributed by atoms with Crippen molar-refractivity contribution in [2.75, 3.05) is 0 Å². The minimum absolute atomic E-state index is 0.538. The van der Waals surface area contributed by atoms with Crippen molar-refractivity contribution in [3.63, 3.8) is 0 Å². The first-order chi connectivity index (χ1) is 54.5. The highest BCUT2D eigenvalue weighted by atomic mass is 16.5. The molecule has 8 heteroatoms. The average molecular weight is 1400 g/mol. The standard InChI is InChI=1S/C102H62N6O2/c1-3-25-63(26-4-1)65-51-54-67(55-52-65)96-105-98(73-34-22-32-70(61-73)76-40-23-47-88-93(76)109-91-49-19-17-45-86(91)101(88)83-42-14-11-36-78(83)79-37-12-15-43-84(79)101)108-100(107-96)82-39-10-9-35-75(82)71-57-58-81-80-38-13-16-44-85(80)102(90(81)62-71)87-46-18-20-50-92(87)110-94-77(41-24-48-89(94)102)69-31-21-33-72(60-69)97-103-95(66-28-5-2-6-29-66)104-99(106-97)74-56-53-64-27-7-8-30-68(64)59-74/h1-62H. The maximum atomic E-state index is 7.37. The fourth-order valence-electron chi connectivity index (χ4n) is 17.9. The first-order valence-electron chi connectivity index (χ1n) is 37.3. The molecule has 0 saturated heterocycles. The maximum Gasteiger partial charge on any atom is 0.164 e. The first kappa shape index (κ1) is 62.7. The lowest BCUT2D eigenvalue weighted by Crippen LogP contribution is -2.32. The van der Waals surface area contributed by atoms with Crippen LogP contribution < -0.4 is 9.47 Å². The van der Waals surface area contributed by atoms with Gasteiger partial charge < -0.3 is 9.47 Å². The lowest BCUT2D eigenvalue weighted by atomic mass is 9.65. The number of hydrogen-bond donors (Lipinski definition) is 0. The number of para-hydroxylation sites is 4. The summed E-state index contributed by atoms with van der Waals surface area (Å²) >= 11 is 0. The second-order valence-corrected chi connectivity index (χ2v) is 28.6. The van der Waals surface area contributed by atoms with E-state index in [1.54, 1.807) is 0 Å². The van der Waals surface area contributed by atoms with Crippen LogP contribution >= 0.6 is 0 Å². The predicted molar refractivity (Wildman–Crippen MR) is 440 cm³/mol. The summed E-state index contributed by atoms with van der Waals surface area (Å²) < 4.78 is 14.6. The molecule has 0 N–H and O–H groups in total. The number of benzene rings is 16. The summed E-state index contributed by atoms with van der Waals surface area (Å²) in [4.78, 5) is 32.1. The van der Waals surface area contributed by atoms with E-state index in [1.165, 1.54) is 27.8 Å². The van der Waals surface area contributed by atoms with Gasteiger partial charge in [-0.3, -0.25) is 0 Å². The van der Waals surface area contributed by atoms with Gasteiger partial charge >= 0.3 is 0 Å². The van der Waals surface area contributed by atoms with Crippen molar-refractivity contribution >= 4 is 10.8 Å². The van der Waals surface area contributed by atoms with Crippen molar-refractivity contribution in [1.29, 1.82) is 0 Å². The van der Waals surface area contributed by atoms with Crippen LogP contribution in [0.1, 0.15) is 44.5 Å². The van der Waals surface area contributed by atoms with E-state index in [1.807, 2.05) is 36.4 Å². The number of aromatic nitrogens is 6. The molecular weight excluding hydrogens is 1340 g/mol. The van der Waals surface area contributed by atoms with Gasteiger partial charge in [-0.1, -0.05) is 340 Å². The van der Waals surface area contributed by atoms with Crippen LogP contribution in [0.15, 0.2) is 376 Å². The highest BCUT2D eigenvalue weighted by Crippen LogP contribution is 2.66. The van der Waals surface area contributed by atoms with E-state index < -0.39 is 10.8 Å². The minimum Gasteiger partial charge on any atom is -0.456 e. The Morgan fingerprint density at radius 2 is 0.482 bits per heavy atom. The SMILES string of the molecule is c1ccc(-c2ccc(-c3nc(-c4cccc(-c5cccc6c5Oc5ccccc5C65c6ccccc6-c6ccccc65)c4)nc(-c4ccccc4-c4ccc5c(c4)C4(c6ccccc6Oc6c(-c7cccc(-c8nc(-c9ccccc9)nc(-c9ccc%10ccccc%10c9)n8)c7)cccc64)c4ccccc4-5)n3)cc2)cc1. The highest BCUT2D eigenvalue weighted by Gasteiger charge is 2.53. The molecule has 8 nitrogen and oxygen atoms in total. The van der Waals surface area contributed by atoms with Gasteiger partial charge in [0.25, 0.3) is 0 Å². The van der Waals surface area contributed by atoms with Gasteiger partial charge in [0.2, 0.25) is 0 Å². The maximum absolute atomic E-state index is 7.37. The van der Waals surface area contributed by atoms with Crippen molar-refractivity contribution < 1.29 is 9.47 Å². The van der Waals surface area contributed by atoms with Crippen LogP contribution in [0.4, 0.5) is 0 Å². The molecule has 4 aliphatic rings. The molecule has 512 valence electrons. The van der Waals surface area contributed by atoms with Crippen molar-refractivity contribution in [2.24, 2.45) is 0 Å². The van der Waals surface area contributed by atoms with Gasteiger partial charge in [0.05, 0.1) is 10.8 Å². The largest absolute Gasteiger partial charge is 0.456 e. The van der Waals surface area contributed by atoms with Crippen LogP contribution in [-0.2, 0) is 10.8 Å². The second-order valence-electron chi connectivity index (χ2n) is 28.6. The third-order valence-electron chi connectivity index (χ3n) is 22.7. The molecule has 2 aromatic heterocycles. The molecular formula is C102H62N6O2. The van der Waals surface area contributed by atoms with Crippen molar-refractivity contribution in [2.45, 2.75) is 10.8 Å². The van der Waals surface area contributed by atoms with Gasteiger partial charge in [-0.2, -0.15) is 0 Å². The summed E-state index contributed by atoms with van der Waals surface area (Å²) in [7, 11) is 0. The molecule has 0 saturated carbocycles. The summed E-state index contributed by atoms with van der Waals surface area (Å²) in [6, 6.07) is 134. The summed E-state index contributed by atoms with van der Waals surface area (Å²) in [5, 5.41) is 2.26. The van der Waals surface area contributed by atoms with Gasteiger partial charge in [-0.25, -0.2) is 29.9 Å². The van der Waals surface area contributed by atoms with E-state index in [-0.39, 0.29) is 0 Å². The molecule has 22 rings (SSSR count). The van der Waals surface area contributed by atoms with E-state index in [0.717, 1.165) is 151 Å². The van der Waals surface area contributed by atoms with E-state index in [2.05, 4.69) is 340 Å². The third kappa shape index (κ3) is 9.72. The van der Waals surface area contributed by atoms with Crippen LogP contribution in [0, 0.1) is 0 Å². The summed E-state index contributed by atoms with van der Waals surface area (Å²) in [6.45, 7) is 0. The van der Waals surface area contributed by atoms with Crippen LogP contribution in [0.3, 0.4) is 0 Å². The Morgan fingerprint density at radius 3 is 1.03 bits per heavy atom. The fourth-order valence-corrected chi connectivity index (χ4v) is 17.9. The van der Waals surface area contributed by atoms with Crippen molar-refractivity contribution in [3.05, 3.63) is 421 Å². The van der Waals surface area contributed by atoms with E-state index in [4.69, 9.17) is 39.4 Å². The van der Waals surface area contributed by atoms with E-state index in [0.29, 0.717) is 34.9 Å². The second kappa shape index (κ2) is 25.0. The molecule has 0 bridgehead atoms. The lowest BCUT2D eigenvalue weighted by Gasteiger charge is -2.40. The van der Waals surface area contributed by atoms with Crippen molar-refractivity contribution in [1.82, 2.24) is 29.9 Å². The van der Waals surface area contributed by atoms with Crippen LogP contribution in [0.5, 0.6) is 23.0 Å². The van der Waals surface area contributed by atoms with Crippen LogP contribution in [-0.4, -0.2) is 29.9 Å². The molecule has 110 heavy (non-hydrogen) atoms. The van der Waals surface area contributed by atoms with E-state index in [9.17, 15) is 0 Å². The Balaban J connectivity index is 0.685. The Bertz CT molecular complexity index is 6770. The Labute approximate surface area is 635 Å². The Morgan fingerprint density at radius 1 is 0.164 bits per heavy atom. The van der Waals surface area contributed by atoms with Gasteiger partial charge in [0.1, 0.15) is 23.0 Å². The molecule has 2 aliphatic carbocycles. The normalized spacial score (nSPS) is 14.1.